The molecule has 2 heterocycles. The molecule has 3 amide bonds. The summed E-state index contributed by atoms with van der Waals surface area (Å²) in [5, 5.41) is 3.76. The predicted octanol–water partition coefficient (Wildman–Crippen LogP) is 4.44. The number of fused-ring (bicyclic) bond motifs is 1. The van der Waals surface area contributed by atoms with Gasteiger partial charge in [0, 0.05) is 24.4 Å². The molecule has 51 heavy (non-hydrogen) atoms. The average molecular weight is 725 g/mol. The van der Waals surface area contributed by atoms with Crippen LogP contribution in [0.1, 0.15) is 78.6 Å². The molecule has 0 unspecified atom stereocenters. The average Bonchev–Trinajstić information content (AvgIpc) is 3.95. The van der Waals surface area contributed by atoms with Gasteiger partial charge in [-0.2, -0.15) is 0 Å². The molecule has 0 spiro atoms. The first-order valence-electron chi connectivity index (χ1n) is 17.7. The molecule has 1 aromatic carbocycles. The number of methoxy groups -OCH3 is 1. The van der Waals surface area contributed by atoms with Crippen LogP contribution in [0.4, 0.5) is 4.79 Å². The summed E-state index contributed by atoms with van der Waals surface area (Å²) in [5.74, 6) is -1.11. The van der Waals surface area contributed by atoms with Gasteiger partial charge in [-0.25, -0.2) is 18.2 Å². The molecule has 4 aliphatic rings. The van der Waals surface area contributed by atoms with Crippen LogP contribution in [0.5, 0.6) is 11.6 Å². The van der Waals surface area contributed by atoms with Gasteiger partial charge < -0.3 is 24.4 Å². The number of sulfonamides is 1. The number of Topliss-reactive ketones (excluding diaryl/α,β-unsaturated/α-hetero) is 1. The minimum absolute atomic E-state index is 0.0306. The molecule has 1 saturated heterocycles. The number of ether oxygens (including phenoxy) is 3. The lowest BCUT2D eigenvalue weighted by Gasteiger charge is -2.32. The van der Waals surface area contributed by atoms with Crippen LogP contribution in [-0.2, 0) is 29.1 Å². The van der Waals surface area contributed by atoms with Gasteiger partial charge in [-0.05, 0) is 94.4 Å². The lowest BCUT2D eigenvalue weighted by molar-refractivity contribution is -0.141. The molecule has 5 atom stereocenters. The molecule has 4 fully saturated rings. The summed E-state index contributed by atoms with van der Waals surface area (Å²) >= 11 is 0. The maximum Gasteiger partial charge on any atom is 0.408 e. The Kier molecular flexibility index (Phi) is 10.1. The van der Waals surface area contributed by atoms with Gasteiger partial charge in [0.15, 0.2) is 5.78 Å². The Morgan fingerprint density at radius 3 is 2.47 bits per heavy atom. The van der Waals surface area contributed by atoms with Crippen LogP contribution in [0, 0.1) is 17.3 Å². The fourth-order valence-corrected chi connectivity index (χ4v) is 8.92. The number of amides is 3. The number of hydrogen-bond donors (Lipinski definition) is 2. The molecule has 2 aromatic rings. The first-order chi connectivity index (χ1) is 24.1. The van der Waals surface area contributed by atoms with E-state index < -0.39 is 74.1 Å². The zero-order valence-electron chi connectivity index (χ0n) is 29.7. The maximum absolute atomic E-state index is 14.6. The standard InChI is InChI=1S/C37H48N4O9S/c1-6-24-19-37(24,34(44)40-51(46,47)27-12-13-27)20-30(42)29-18-26(49-32-28-14-11-25(48-5)17-23(28)15-16-38-32)21-41(29)33(43)31(22-9-7-8-10-22)39-35(45)50-36(2,3)4/h6,11,14-17,22,24,26-27,29,31H,1,7-10,12-13,18-21H2,2-5H3,(H,39,45)(H,40,44)/t24-,26-,29+,31+,37-/m1/s1. The summed E-state index contributed by atoms with van der Waals surface area (Å²) in [5.41, 5.74) is -2.08. The number of nitrogens with zero attached hydrogens (tertiary/aromatic N) is 2. The normalized spacial score (nSPS) is 25.6. The van der Waals surface area contributed by atoms with Crippen LogP contribution in [0.3, 0.4) is 0 Å². The predicted molar refractivity (Wildman–Crippen MR) is 188 cm³/mol. The van der Waals surface area contributed by atoms with Crippen molar-refractivity contribution in [2.24, 2.45) is 17.3 Å². The first-order valence-corrected chi connectivity index (χ1v) is 19.3. The summed E-state index contributed by atoms with van der Waals surface area (Å²) in [4.78, 5) is 61.4. The van der Waals surface area contributed by atoms with Crippen molar-refractivity contribution < 1.29 is 41.8 Å². The van der Waals surface area contributed by atoms with Crippen molar-refractivity contribution in [3.63, 3.8) is 0 Å². The van der Waals surface area contributed by atoms with Gasteiger partial charge in [-0.3, -0.25) is 19.1 Å². The number of aromatic nitrogens is 1. The van der Waals surface area contributed by atoms with E-state index in [1.165, 1.54) is 4.90 Å². The minimum atomic E-state index is -3.85. The summed E-state index contributed by atoms with van der Waals surface area (Å²) in [6.07, 6.45) is 6.13. The number of ketones is 1. The van der Waals surface area contributed by atoms with Crippen LogP contribution in [0.15, 0.2) is 43.1 Å². The zero-order valence-corrected chi connectivity index (χ0v) is 30.5. The van der Waals surface area contributed by atoms with Crippen LogP contribution in [0.2, 0.25) is 0 Å². The van der Waals surface area contributed by atoms with Gasteiger partial charge in [0.1, 0.15) is 23.5 Å². The summed E-state index contributed by atoms with van der Waals surface area (Å²) in [6, 6.07) is 5.37. The Hall–Kier alpha value is -4.20. The molecule has 276 valence electrons. The molecule has 2 N–H and O–H groups in total. The van der Waals surface area contributed by atoms with Gasteiger partial charge in [0.25, 0.3) is 0 Å². The molecule has 3 aliphatic carbocycles. The van der Waals surface area contributed by atoms with E-state index in [0.717, 1.165) is 36.5 Å². The van der Waals surface area contributed by atoms with E-state index in [1.807, 2.05) is 18.2 Å². The number of hydrogen-bond acceptors (Lipinski definition) is 10. The topological polar surface area (TPSA) is 170 Å². The van der Waals surface area contributed by atoms with E-state index in [0.29, 0.717) is 24.5 Å². The first kappa shape index (κ1) is 36.6. The second-order valence-electron chi connectivity index (χ2n) is 15.4. The number of carbonyl (C=O) groups excluding carboxylic acids is 4. The number of rotatable bonds is 13. The zero-order chi connectivity index (χ0) is 36.7. The molecule has 13 nitrogen and oxygen atoms in total. The number of benzene rings is 1. The number of nitrogens with one attached hydrogen (secondary N) is 2. The van der Waals surface area contributed by atoms with Gasteiger partial charge >= 0.3 is 6.09 Å². The van der Waals surface area contributed by atoms with Crippen LogP contribution >= 0.6 is 0 Å². The van der Waals surface area contributed by atoms with Crippen molar-refractivity contribution in [2.45, 2.75) is 108 Å². The lowest BCUT2D eigenvalue weighted by Crippen LogP contribution is -2.55. The van der Waals surface area contributed by atoms with Crippen molar-refractivity contribution in [3.8, 4) is 11.6 Å². The second kappa shape index (κ2) is 14.1. The number of likely N-dealkylation sites (tertiary alicyclic amines) is 1. The Morgan fingerprint density at radius 1 is 1.12 bits per heavy atom. The van der Waals surface area contributed by atoms with Gasteiger partial charge in [0.05, 0.1) is 30.4 Å². The summed E-state index contributed by atoms with van der Waals surface area (Å²) in [6.45, 7) is 9.06. The van der Waals surface area contributed by atoms with E-state index >= 15 is 0 Å². The molecule has 14 heteroatoms. The van der Waals surface area contributed by atoms with E-state index in [2.05, 4.69) is 21.6 Å². The monoisotopic (exact) mass is 724 g/mol. The van der Waals surface area contributed by atoms with Gasteiger partial charge in [-0.1, -0.05) is 18.9 Å². The summed E-state index contributed by atoms with van der Waals surface area (Å²) in [7, 11) is -2.27. The van der Waals surface area contributed by atoms with Crippen molar-refractivity contribution in [1.82, 2.24) is 19.9 Å². The van der Waals surface area contributed by atoms with Crippen LogP contribution in [-0.4, -0.2) is 84.7 Å². The molecular weight excluding hydrogens is 676 g/mol. The molecule has 6 rings (SSSR count). The van der Waals surface area contributed by atoms with Gasteiger partial charge in [-0.15, -0.1) is 6.58 Å². The highest BCUT2D eigenvalue weighted by Crippen LogP contribution is 2.57. The van der Waals surface area contributed by atoms with Crippen molar-refractivity contribution in [1.29, 1.82) is 0 Å². The van der Waals surface area contributed by atoms with Crippen molar-refractivity contribution in [2.75, 3.05) is 13.7 Å². The Labute approximate surface area is 298 Å². The maximum atomic E-state index is 14.6. The smallest absolute Gasteiger partial charge is 0.408 e. The minimum Gasteiger partial charge on any atom is -0.497 e. The second-order valence-corrected chi connectivity index (χ2v) is 17.3. The molecule has 0 radical (unpaired) electrons. The number of alkyl carbamates (subject to hydrolysis) is 1. The van der Waals surface area contributed by atoms with Gasteiger partial charge in [0.2, 0.25) is 27.7 Å². The van der Waals surface area contributed by atoms with Crippen molar-refractivity contribution >= 4 is 44.5 Å². The van der Waals surface area contributed by atoms with Crippen LogP contribution < -0.4 is 19.5 Å². The fraction of sp³-hybridized carbons (Fsp3) is 0.595. The highest BCUT2D eigenvalue weighted by molar-refractivity contribution is 7.90. The van der Waals surface area contributed by atoms with E-state index in [4.69, 9.17) is 14.2 Å². The van der Waals surface area contributed by atoms with E-state index in [9.17, 15) is 27.6 Å². The van der Waals surface area contributed by atoms with E-state index in [1.54, 1.807) is 46.2 Å². The molecule has 1 aliphatic heterocycles. The molecule has 1 aromatic heterocycles. The molecule has 0 bridgehead atoms. The number of carbonyl (C=O) groups is 4. The molecule has 3 saturated carbocycles. The highest BCUT2D eigenvalue weighted by Gasteiger charge is 2.61. The quantitative estimate of drug-likeness (QED) is 0.282. The SMILES string of the molecule is C=C[C@@H]1C[C@]1(CC(=O)[C@@H]1C[C@@H](Oc2nccc3cc(OC)ccc23)CN1C(=O)[C@@H](NC(=O)OC(C)(C)C)C1CCCC1)C(=O)NS(=O)(=O)C1CC1. The van der Waals surface area contributed by atoms with Crippen LogP contribution in [0.25, 0.3) is 10.8 Å². The summed E-state index contributed by atoms with van der Waals surface area (Å²) < 4.78 is 45.0. The Balaban J connectivity index is 1.29. The fourth-order valence-electron chi connectivity index (χ4n) is 7.53. The van der Waals surface area contributed by atoms with Crippen molar-refractivity contribution in [3.05, 3.63) is 43.1 Å². The number of pyridine rings is 1. The lowest BCUT2D eigenvalue weighted by atomic mass is 9.91. The third kappa shape index (κ3) is 8.00. The largest absolute Gasteiger partial charge is 0.497 e. The molecular formula is C37H48N4O9S. The number of allylic oxidation sites excluding steroid dienone is 1. The highest BCUT2D eigenvalue weighted by atomic mass is 32.2. The van der Waals surface area contributed by atoms with E-state index in [-0.39, 0.29) is 31.7 Å². The Bertz CT molecular complexity index is 1820. The third-order valence-electron chi connectivity index (χ3n) is 10.5. The third-order valence-corrected chi connectivity index (χ3v) is 12.3. The Morgan fingerprint density at radius 2 is 1.84 bits per heavy atom.